The molecule has 20 nitrogen and oxygen atoms in total. The van der Waals surface area contributed by atoms with Crippen LogP contribution in [0.15, 0.2) is 47.4 Å². The number of rotatable bonds is 8. The highest BCUT2D eigenvalue weighted by Gasteiger charge is 2.43. The molecule has 0 unspecified atom stereocenters. The number of likely N-dealkylation sites (tertiary alicyclic amines) is 1. The quantitative estimate of drug-likeness (QED) is 0.122. The van der Waals surface area contributed by atoms with Crippen molar-refractivity contribution in [3.8, 4) is 5.75 Å². The molecule has 1 aromatic carbocycles. The van der Waals surface area contributed by atoms with Gasteiger partial charge in [0, 0.05) is 12.3 Å². The first-order valence-electron chi connectivity index (χ1n) is 12.1. The number of aromatic hydroxyl groups is 1. The smallest absolute Gasteiger partial charge is 0.408 e. The molecule has 4 rings (SSSR count). The number of hydrogen-bond donors (Lipinski definition) is 7. The number of urea groups is 3. The van der Waals surface area contributed by atoms with Crippen molar-refractivity contribution in [2.24, 2.45) is 0 Å². The number of hydrazine groups is 2. The molecule has 9 amide bonds. The van der Waals surface area contributed by atoms with Gasteiger partial charge in [0.2, 0.25) is 5.43 Å². The van der Waals surface area contributed by atoms with E-state index in [4.69, 9.17) is 4.74 Å². The second-order valence-electron chi connectivity index (χ2n) is 8.77. The number of imide groups is 2. The molecule has 2 saturated heterocycles. The maximum atomic E-state index is 12.5. The second kappa shape index (κ2) is 12.4. The second-order valence-corrected chi connectivity index (χ2v) is 10.2. The van der Waals surface area contributed by atoms with E-state index in [1.165, 1.54) is 9.55 Å². The highest BCUT2D eigenvalue weighted by atomic mass is 32.2. The molecule has 3 heterocycles. The Bertz CT molecular complexity index is 1630. The molecule has 43 heavy (non-hydrogen) atoms. The van der Waals surface area contributed by atoms with Crippen LogP contribution < -0.4 is 31.2 Å². The van der Waals surface area contributed by atoms with Gasteiger partial charge in [0.05, 0.1) is 19.6 Å². The van der Waals surface area contributed by atoms with E-state index in [0.29, 0.717) is 20.4 Å². The van der Waals surface area contributed by atoms with Crippen LogP contribution >= 0.6 is 0 Å². The van der Waals surface area contributed by atoms with Gasteiger partial charge in [0.1, 0.15) is 18.3 Å². The van der Waals surface area contributed by atoms with Gasteiger partial charge in [0.15, 0.2) is 5.75 Å². The molecule has 0 saturated carbocycles. The van der Waals surface area contributed by atoms with Gasteiger partial charge in [-0.2, -0.15) is 8.42 Å². The number of nitrogens with zero attached hydrogens (tertiary/aromatic N) is 3. The summed E-state index contributed by atoms with van der Waals surface area (Å²) in [5.41, 5.74) is 3.37. The van der Waals surface area contributed by atoms with Crippen molar-refractivity contribution in [1.82, 2.24) is 45.5 Å². The lowest BCUT2D eigenvalue weighted by molar-refractivity contribution is -0.139. The Hall–Kier alpha value is -5.70. The maximum Gasteiger partial charge on any atom is 0.408 e. The van der Waals surface area contributed by atoms with Crippen LogP contribution in [0.5, 0.6) is 5.75 Å². The zero-order valence-electron chi connectivity index (χ0n) is 21.7. The standard InChI is InChI=1S/C22H23N9O11S/c32-15-8-13(23-9-16(15)33)17(34)26-31-7-6-29(22(31)39)19(36)25-28-43(40,41)27-20(37)30-10-14(18(30)35)24-21(38)42-11-12-4-2-1-3-5-12/h1-5,8-9,14,28,33H,6-7,10-11H2,(H,23,32)(H,24,38)(H,25,36)(H,26,34)(H,27,37)/t14-/m0/s1. The third kappa shape index (κ3) is 7.34. The fourth-order valence-corrected chi connectivity index (χ4v) is 4.22. The van der Waals surface area contributed by atoms with E-state index in [2.05, 4.69) is 15.7 Å². The van der Waals surface area contributed by atoms with Gasteiger partial charge >= 0.3 is 34.4 Å². The Morgan fingerprint density at radius 1 is 1.02 bits per heavy atom. The molecule has 0 bridgehead atoms. The van der Waals surface area contributed by atoms with Gasteiger partial charge < -0.3 is 20.1 Å². The zero-order chi connectivity index (χ0) is 31.3. The van der Waals surface area contributed by atoms with Gasteiger partial charge in [0.25, 0.3) is 11.8 Å². The fourth-order valence-electron chi connectivity index (χ4n) is 3.60. The Labute approximate surface area is 241 Å². The SMILES string of the molecule is O=C(N[C@H]1CN(C(=O)NS(=O)(=O)NNC(=O)N2CCN(NC(=O)c3cc(=O)c(O)c[nH]3)C2=O)C1=O)OCc1ccccc1. The molecule has 2 aliphatic heterocycles. The summed E-state index contributed by atoms with van der Waals surface area (Å²) in [6, 6.07) is 4.60. The number of H-pyrrole nitrogens is 1. The summed E-state index contributed by atoms with van der Waals surface area (Å²) < 4.78 is 30.8. The number of alkyl carbamates (subject to hydrolysis) is 1. The van der Waals surface area contributed by atoms with Gasteiger partial charge in [-0.05, 0) is 5.56 Å². The number of carbonyl (C=O) groups is 6. The maximum absolute atomic E-state index is 12.5. The zero-order valence-corrected chi connectivity index (χ0v) is 22.5. The molecule has 7 N–H and O–H groups in total. The Balaban J connectivity index is 1.19. The molecule has 1 aromatic heterocycles. The summed E-state index contributed by atoms with van der Waals surface area (Å²) in [6.07, 6.45) is -0.0607. The molecule has 0 spiro atoms. The normalized spacial score (nSPS) is 16.3. The highest BCUT2D eigenvalue weighted by molar-refractivity contribution is 7.88. The van der Waals surface area contributed by atoms with Crippen molar-refractivity contribution in [1.29, 1.82) is 0 Å². The summed E-state index contributed by atoms with van der Waals surface area (Å²) in [4.78, 5) is 89.7. The first-order chi connectivity index (χ1) is 20.3. The molecule has 0 radical (unpaired) electrons. The first kappa shape index (κ1) is 30.3. The fraction of sp³-hybridized carbons (Fsp3) is 0.227. The Morgan fingerprint density at radius 2 is 1.74 bits per heavy atom. The minimum atomic E-state index is -4.79. The van der Waals surface area contributed by atoms with Crippen LogP contribution in [0.1, 0.15) is 16.1 Å². The van der Waals surface area contributed by atoms with Crippen LogP contribution in [0.3, 0.4) is 0 Å². The lowest BCUT2D eigenvalue weighted by atomic mass is 10.1. The molecule has 228 valence electrons. The van der Waals surface area contributed by atoms with Crippen molar-refractivity contribution in [2.75, 3.05) is 19.6 Å². The van der Waals surface area contributed by atoms with E-state index in [-0.39, 0.29) is 31.9 Å². The number of aromatic amines is 1. The van der Waals surface area contributed by atoms with Gasteiger partial charge in [-0.1, -0.05) is 30.3 Å². The van der Waals surface area contributed by atoms with Crippen LogP contribution in [0.25, 0.3) is 0 Å². The molecule has 2 fully saturated rings. The minimum Gasteiger partial charge on any atom is -0.503 e. The monoisotopic (exact) mass is 621 g/mol. The van der Waals surface area contributed by atoms with Crippen molar-refractivity contribution < 1.29 is 47.0 Å². The molecule has 2 aliphatic rings. The van der Waals surface area contributed by atoms with E-state index < -0.39 is 63.4 Å². The molecule has 2 aromatic rings. The van der Waals surface area contributed by atoms with Crippen LogP contribution in [-0.4, -0.2) is 95.0 Å². The van der Waals surface area contributed by atoms with E-state index in [1.807, 2.05) is 0 Å². The first-order valence-corrected chi connectivity index (χ1v) is 13.6. The third-order valence-electron chi connectivity index (χ3n) is 5.82. The number of pyridine rings is 1. The van der Waals surface area contributed by atoms with Crippen LogP contribution in [-0.2, 0) is 26.3 Å². The number of benzene rings is 1. The van der Waals surface area contributed by atoms with Gasteiger partial charge in [-0.15, -0.1) is 4.83 Å². The van der Waals surface area contributed by atoms with Gasteiger partial charge in [-0.25, -0.2) is 33.8 Å². The number of amides is 9. The predicted octanol–water partition coefficient (Wildman–Crippen LogP) is -2.23. The van der Waals surface area contributed by atoms with Crippen molar-refractivity contribution >= 4 is 46.2 Å². The lowest BCUT2D eigenvalue weighted by Gasteiger charge is -2.36. The Morgan fingerprint density at radius 3 is 2.42 bits per heavy atom. The molecular formula is C22H23N9O11S. The average Bonchev–Trinajstić information content (AvgIpc) is 3.33. The predicted molar refractivity (Wildman–Crippen MR) is 139 cm³/mol. The van der Waals surface area contributed by atoms with E-state index in [0.717, 1.165) is 12.3 Å². The van der Waals surface area contributed by atoms with E-state index >= 15 is 0 Å². The summed E-state index contributed by atoms with van der Waals surface area (Å²) in [5, 5.41) is 12.2. The van der Waals surface area contributed by atoms with Gasteiger partial charge in [-0.3, -0.25) is 30.1 Å². The molecule has 1 atom stereocenters. The van der Waals surface area contributed by atoms with Crippen molar-refractivity contribution in [3.63, 3.8) is 0 Å². The summed E-state index contributed by atoms with van der Waals surface area (Å²) in [5.74, 6) is -2.50. The van der Waals surface area contributed by atoms with E-state index in [1.54, 1.807) is 35.8 Å². The van der Waals surface area contributed by atoms with Crippen LogP contribution in [0, 0.1) is 0 Å². The minimum absolute atomic E-state index is 0.0645. The summed E-state index contributed by atoms with van der Waals surface area (Å²) >= 11 is 0. The number of hydrogen-bond acceptors (Lipinski definition) is 11. The number of carbonyl (C=O) groups excluding carboxylic acids is 6. The van der Waals surface area contributed by atoms with E-state index in [9.17, 15) is 47.1 Å². The summed E-state index contributed by atoms with van der Waals surface area (Å²) in [6.45, 7) is -0.939. The summed E-state index contributed by atoms with van der Waals surface area (Å²) in [7, 11) is -4.79. The average molecular weight is 622 g/mol. The number of ether oxygens (including phenoxy) is 1. The number of β-lactam (4-membered cyclic amide) rings is 1. The molecule has 0 aliphatic carbocycles. The van der Waals surface area contributed by atoms with Crippen LogP contribution in [0.4, 0.5) is 19.2 Å². The number of nitrogens with one attached hydrogen (secondary N) is 6. The van der Waals surface area contributed by atoms with Crippen LogP contribution in [0.2, 0.25) is 0 Å². The Kier molecular flexibility index (Phi) is 8.76. The third-order valence-corrected chi connectivity index (χ3v) is 6.63. The molecular weight excluding hydrogens is 598 g/mol. The topological polar surface area (TPSA) is 269 Å². The highest BCUT2D eigenvalue weighted by Crippen LogP contribution is 2.12. The largest absolute Gasteiger partial charge is 0.503 e. The molecule has 21 heteroatoms. The van der Waals surface area contributed by atoms with Crippen molar-refractivity contribution in [2.45, 2.75) is 12.6 Å². The number of aromatic nitrogens is 1. The lowest BCUT2D eigenvalue weighted by Crippen LogP contribution is -2.68. The van der Waals surface area contributed by atoms with Crippen molar-refractivity contribution in [3.05, 3.63) is 64.1 Å².